The molecule has 3 heterocycles. The van der Waals surface area contributed by atoms with Crippen LogP contribution >= 0.6 is 0 Å². The highest BCUT2D eigenvalue weighted by molar-refractivity contribution is 5.72. The van der Waals surface area contributed by atoms with Crippen molar-refractivity contribution in [1.29, 1.82) is 0 Å². The Bertz CT molecular complexity index is 753. The van der Waals surface area contributed by atoms with Gasteiger partial charge in [-0.3, -0.25) is 14.4 Å². The van der Waals surface area contributed by atoms with Gasteiger partial charge < -0.3 is 9.84 Å². The van der Waals surface area contributed by atoms with Crippen molar-refractivity contribution in [2.45, 2.75) is 25.9 Å². The third-order valence-corrected chi connectivity index (χ3v) is 5.81. The minimum absolute atomic E-state index is 0.128. The molecule has 2 fully saturated rings. The Morgan fingerprint density at radius 2 is 2.00 bits per heavy atom. The van der Waals surface area contributed by atoms with Gasteiger partial charge in [0.15, 0.2) is 0 Å². The molecule has 1 aromatic heterocycles. The molecule has 0 radical (unpaired) electrons. The van der Waals surface area contributed by atoms with Crippen molar-refractivity contribution in [3.8, 4) is 0 Å². The van der Waals surface area contributed by atoms with Crippen LogP contribution in [0.5, 0.6) is 0 Å². The fourth-order valence-corrected chi connectivity index (χ4v) is 4.48. The van der Waals surface area contributed by atoms with E-state index in [1.165, 1.54) is 11.1 Å². The van der Waals surface area contributed by atoms with Crippen LogP contribution in [0.1, 0.15) is 24.0 Å². The predicted molar refractivity (Wildman–Crippen MR) is 96.7 cm³/mol. The van der Waals surface area contributed by atoms with Gasteiger partial charge in [0, 0.05) is 50.7 Å². The van der Waals surface area contributed by atoms with Crippen LogP contribution in [0.15, 0.2) is 42.7 Å². The van der Waals surface area contributed by atoms with Crippen molar-refractivity contribution >= 4 is 5.97 Å². The second-order valence-corrected chi connectivity index (χ2v) is 7.56. The van der Waals surface area contributed by atoms with Crippen molar-refractivity contribution in [1.82, 2.24) is 14.7 Å². The van der Waals surface area contributed by atoms with Gasteiger partial charge in [0.05, 0.1) is 12.5 Å². The standard InChI is InChI=1S/C20H25N3O3/c24-19(25)18-14-22(15-20(18)5-9-26-10-6-20)12-16-3-1-4-17(11-16)13-23-8-2-7-21-23/h1-4,7-8,11,18H,5-6,9-10,12-15H2,(H,24,25). The van der Waals surface area contributed by atoms with E-state index in [-0.39, 0.29) is 11.3 Å². The number of carboxylic acids is 1. The smallest absolute Gasteiger partial charge is 0.308 e. The van der Waals surface area contributed by atoms with Crippen molar-refractivity contribution in [2.24, 2.45) is 11.3 Å². The highest BCUT2D eigenvalue weighted by Gasteiger charge is 2.50. The highest BCUT2D eigenvalue weighted by Crippen LogP contribution is 2.44. The topological polar surface area (TPSA) is 67.6 Å². The summed E-state index contributed by atoms with van der Waals surface area (Å²) >= 11 is 0. The molecule has 2 aromatic rings. The molecule has 138 valence electrons. The van der Waals surface area contributed by atoms with Gasteiger partial charge in [0.25, 0.3) is 0 Å². The molecule has 2 aliphatic rings. The molecule has 26 heavy (non-hydrogen) atoms. The Balaban J connectivity index is 1.46. The normalized spacial score (nSPS) is 22.7. The molecule has 2 aliphatic heterocycles. The molecule has 4 rings (SSSR count). The van der Waals surface area contributed by atoms with Gasteiger partial charge in [-0.15, -0.1) is 0 Å². The molecule has 0 aliphatic carbocycles. The number of carbonyl (C=O) groups is 1. The Hall–Kier alpha value is -2.18. The zero-order valence-corrected chi connectivity index (χ0v) is 14.9. The summed E-state index contributed by atoms with van der Waals surface area (Å²) in [4.78, 5) is 14.1. The average molecular weight is 355 g/mol. The van der Waals surface area contributed by atoms with E-state index in [0.29, 0.717) is 19.8 Å². The Morgan fingerprint density at radius 1 is 1.23 bits per heavy atom. The Labute approximate surface area is 153 Å². The van der Waals surface area contributed by atoms with E-state index in [1.54, 1.807) is 6.20 Å². The fourth-order valence-electron chi connectivity index (χ4n) is 4.48. The van der Waals surface area contributed by atoms with Gasteiger partial charge in [0.2, 0.25) is 0 Å². The summed E-state index contributed by atoms with van der Waals surface area (Å²) in [7, 11) is 0. The summed E-state index contributed by atoms with van der Waals surface area (Å²) in [6.45, 7) is 4.36. The summed E-state index contributed by atoms with van der Waals surface area (Å²) in [6.07, 6.45) is 5.44. The fraction of sp³-hybridized carbons (Fsp3) is 0.500. The zero-order chi connectivity index (χ0) is 18.0. The first-order valence-corrected chi connectivity index (χ1v) is 9.23. The van der Waals surface area contributed by atoms with Crippen LogP contribution in [0.3, 0.4) is 0 Å². The SMILES string of the molecule is O=C(O)C1CN(Cc2cccc(Cn3cccn3)c2)CC12CCOCC2. The average Bonchev–Trinajstić information content (AvgIpc) is 3.24. The number of aromatic nitrogens is 2. The molecule has 1 aromatic carbocycles. The predicted octanol–water partition coefficient (Wildman–Crippen LogP) is 2.24. The molecule has 1 atom stereocenters. The van der Waals surface area contributed by atoms with E-state index >= 15 is 0 Å². The number of hydrogen-bond donors (Lipinski definition) is 1. The van der Waals surface area contributed by atoms with E-state index in [9.17, 15) is 9.90 Å². The number of nitrogens with zero attached hydrogens (tertiary/aromatic N) is 3. The van der Waals surface area contributed by atoms with Crippen LogP contribution in [0.2, 0.25) is 0 Å². The molecule has 1 N–H and O–H groups in total. The van der Waals surface area contributed by atoms with E-state index in [0.717, 1.165) is 32.5 Å². The van der Waals surface area contributed by atoms with Crippen molar-refractivity contribution in [3.63, 3.8) is 0 Å². The maximum absolute atomic E-state index is 11.8. The zero-order valence-electron chi connectivity index (χ0n) is 14.9. The first-order chi connectivity index (χ1) is 12.6. The summed E-state index contributed by atoms with van der Waals surface area (Å²) in [5.41, 5.74) is 2.31. The lowest BCUT2D eigenvalue weighted by Crippen LogP contribution is -2.40. The largest absolute Gasteiger partial charge is 0.481 e. The third kappa shape index (κ3) is 3.52. The number of ether oxygens (including phenoxy) is 1. The summed E-state index contributed by atoms with van der Waals surface area (Å²) < 4.78 is 7.39. The molecule has 0 amide bonds. The number of likely N-dealkylation sites (tertiary alicyclic amines) is 1. The second kappa shape index (κ2) is 7.21. The lowest BCUT2D eigenvalue weighted by Gasteiger charge is -2.36. The van der Waals surface area contributed by atoms with Crippen LogP contribution in [0.4, 0.5) is 0 Å². The molecule has 6 heteroatoms. The van der Waals surface area contributed by atoms with Crippen molar-refractivity contribution in [2.75, 3.05) is 26.3 Å². The summed E-state index contributed by atoms with van der Waals surface area (Å²) in [5.74, 6) is -0.958. The summed E-state index contributed by atoms with van der Waals surface area (Å²) in [6, 6.07) is 10.4. The van der Waals surface area contributed by atoms with Crippen LogP contribution in [0, 0.1) is 11.3 Å². The Morgan fingerprint density at radius 3 is 2.69 bits per heavy atom. The minimum Gasteiger partial charge on any atom is -0.481 e. The molecular weight excluding hydrogens is 330 g/mol. The van der Waals surface area contributed by atoms with E-state index < -0.39 is 5.97 Å². The second-order valence-electron chi connectivity index (χ2n) is 7.56. The van der Waals surface area contributed by atoms with E-state index in [1.807, 2.05) is 16.9 Å². The molecule has 1 unspecified atom stereocenters. The molecule has 1 spiro atoms. The van der Waals surface area contributed by atoms with Crippen LogP contribution in [-0.4, -0.2) is 52.1 Å². The first kappa shape index (κ1) is 17.2. The third-order valence-electron chi connectivity index (χ3n) is 5.81. The minimum atomic E-state index is -0.665. The lowest BCUT2D eigenvalue weighted by molar-refractivity contribution is -0.147. The highest BCUT2D eigenvalue weighted by atomic mass is 16.5. The van der Waals surface area contributed by atoms with Crippen LogP contribution < -0.4 is 0 Å². The molecule has 6 nitrogen and oxygen atoms in total. The van der Waals surface area contributed by atoms with Gasteiger partial charge in [-0.1, -0.05) is 24.3 Å². The number of hydrogen-bond acceptors (Lipinski definition) is 4. The molecular formula is C20H25N3O3. The van der Waals surface area contributed by atoms with Crippen LogP contribution in [-0.2, 0) is 22.6 Å². The number of rotatable bonds is 5. The maximum Gasteiger partial charge on any atom is 0.308 e. The molecule has 2 saturated heterocycles. The lowest BCUT2D eigenvalue weighted by atomic mass is 9.72. The maximum atomic E-state index is 11.8. The van der Waals surface area contributed by atoms with E-state index in [2.05, 4.69) is 34.3 Å². The Kier molecular flexibility index (Phi) is 4.78. The monoisotopic (exact) mass is 355 g/mol. The quantitative estimate of drug-likeness (QED) is 0.891. The van der Waals surface area contributed by atoms with Gasteiger partial charge in [-0.2, -0.15) is 5.10 Å². The van der Waals surface area contributed by atoms with Gasteiger partial charge >= 0.3 is 5.97 Å². The van der Waals surface area contributed by atoms with Gasteiger partial charge in [-0.25, -0.2) is 0 Å². The number of benzene rings is 1. The number of aliphatic carboxylic acids is 1. The molecule has 0 saturated carbocycles. The summed E-state index contributed by atoms with van der Waals surface area (Å²) in [5, 5.41) is 14.0. The number of carboxylic acid groups (broad SMARTS) is 1. The first-order valence-electron chi connectivity index (χ1n) is 9.23. The molecule has 0 bridgehead atoms. The van der Waals surface area contributed by atoms with Crippen molar-refractivity contribution < 1.29 is 14.6 Å². The van der Waals surface area contributed by atoms with Crippen molar-refractivity contribution in [3.05, 3.63) is 53.9 Å². The van der Waals surface area contributed by atoms with E-state index in [4.69, 9.17) is 4.74 Å². The van der Waals surface area contributed by atoms with Gasteiger partial charge in [0.1, 0.15) is 0 Å². The van der Waals surface area contributed by atoms with Crippen LogP contribution in [0.25, 0.3) is 0 Å². The van der Waals surface area contributed by atoms with Gasteiger partial charge in [-0.05, 0) is 30.0 Å².